The Bertz CT molecular complexity index is 624. The van der Waals surface area contributed by atoms with Crippen molar-refractivity contribution in [2.24, 2.45) is 0 Å². The van der Waals surface area contributed by atoms with Crippen LogP contribution in [0.4, 0.5) is 0 Å². The van der Waals surface area contributed by atoms with Crippen LogP contribution in [0.2, 0.25) is 0 Å². The number of nitrogens with zero attached hydrogens (tertiary/aromatic N) is 2. The second kappa shape index (κ2) is 5.68. The van der Waals surface area contributed by atoms with E-state index in [9.17, 15) is 5.11 Å². The lowest BCUT2D eigenvalue weighted by atomic mass is 10.0. The summed E-state index contributed by atoms with van der Waals surface area (Å²) in [5.41, 5.74) is 4.07. The number of aliphatic hydroxyl groups is 1. The van der Waals surface area contributed by atoms with Gasteiger partial charge in [-0.25, -0.2) is 0 Å². The first-order valence-corrected chi connectivity index (χ1v) is 7.58. The van der Waals surface area contributed by atoms with Gasteiger partial charge >= 0.3 is 0 Å². The number of benzene rings is 1. The minimum Gasteiger partial charge on any atom is -0.382 e. The van der Waals surface area contributed by atoms with Crippen molar-refractivity contribution < 1.29 is 9.84 Å². The largest absolute Gasteiger partial charge is 0.382 e. The number of hydrogen-bond donors (Lipinski definition) is 1. The van der Waals surface area contributed by atoms with Gasteiger partial charge in [0.25, 0.3) is 0 Å². The van der Waals surface area contributed by atoms with E-state index in [1.165, 1.54) is 11.1 Å². The van der Waals surface area contributed by atoms with Gasteiger partial charge < -0.3 is 9.84 Å². The van der Waals surface area contributed by atoms with Crippen LogP contribution >= 0.6 is 15.9 Å². The smallest absolute Gasteiger partial charge is 0.122 e. The SMILES string of the molecule is CCCn1ncc(Br)c1C(O)c1ccc2c(c1)COC2. The van der Waals surface area contributed by atoms with Crippen molar-refractivity contribution in [3.63, 3.8) is 0 Å². The average molecular weight is 337 g/mol. The van der Waals surface area contributed by atoms with E-state index in [2.05, 4.69) is 28.0 Å². The molecule has 2 heterocycles. The maximum Gasteiger partial charge on any atom is 0.122 e. The number of rotatable bonds is 4. The molecular formula is C15H17BrN2O2. The van der Waals surface area contributed by atoms with Crippen LogP contribution in [-0.4, -0.2) is 14.9 Å². The number of halogens is 1. The molecule has 0 aliphatic carbocycles. The first-order chi connectivity index (χ1) is 9.70. The van der Waals surface area contributed by atoms with Gasteiger partial charge in [0.1, 0.15) is 6.10 Å². The number of aliphatic hydroxyl groups excluding tert-OH is 1. The fourth-order valence-corrected chi connectivity index (χ4v) is 3.07. The molecule has 1 aliphatic heterocycles. The van der Waals surface area contributed by atoms with E-state index < -0.39 is 6.10 Å². The maximum absolute atomic E-state index is 10.7. The van der Waals surface area contributed by atoms with Crippen LogP contribution in [0, 0.1) is 0 Å². The van der Waals surface area contributed by atoms with E-state index in [4.69, 9.17) is 4.74 Å². The van der Waals surface area contributed by atoms with Crippen molar-refractivity contribution in [1.82, 2.24) is 9.78 Å². The van der Waals surface area contributed by atoms with E-state index in [0.717, 1.165) is 28.7 Å². The van der Waals surface area contributed by atoms with Crippen LogP contribution in [0.3, 0.4) is 0 Å². The lowest BCUT2D eigenvalue weighted by Crippen LogP contribution is -2.11. The van der Waals surface area contributed by atoms with Crippen molar-refractivity contribution in [1.29, 1.82) is 0 Å². The summed E-state index contributed by atoms with van der Waals surface area (Å²) in [7, 11) is 0. The van der Waals surface area contributed by atoms with Gasteiger partial charge in [0.15, 0.2) is 0 Å². The molecular weight excluding hydrogens is 320 g/mol. The summed E-state index contributed by atoms with van der Waals surface area (Å²) in [6, 6.07) is 6.03. The van der Waals surface area contributed by atoms with Crippen LogP contribution in [0.5, 0.6) is 0 Å². The zero-order valence-corrected chi connectivity index (χ0v) is 12.9. The Morgan fingerprint density at radius 1 is 1.40 bits per heavy atom. The second-order valence-electron chi connectivity index (χ2n) is 5.02. The Hall–Kier alpha value is -1.17. The zero-order chi connectivity index (χ0) is 14.1. The molecule has 1 atom stereocenters. The van der Waals surface area contributed by atoms with Gasteiger partial charge in [-0.15, -0.1) is 0 Å². The molecule has 1 aliphatic rings. The van der Waals surface area contributed by atoms with E-state index in [-0.39, 0.29) is 0 Å². The lowest BCUT2D eigenvalue weighted by Gasteiger charge is -2.15. The van der Waals surface area contributed by atoms with Crippen LogP contribution < -0.4 is 0 Å². The number of ether oxygens (including phenoxy) is 1. The Morgan fingerprint density at radius 3 is 3.00 bits per heavy atom. The summed E-state index contributed by atoms with van der Waals surface area (Å²) in [4.78, 5) is 0. The topological polar surface area (TPSA) is 47.3 Å². The molecule has 1 N–H and O–H groups in total. The number of fused-ring (bicyclic) bond motifs is 1. The molecule has 0 saturated carbocycles. The normalized spacial score (nSPS) is 15.3. The zero-order valence-electron chi connectivity index (χ0n) is 11.3. The van der Waals surface area contributed by atoms with Gasteiger partial charge in [0, 0.05) is 6.54 Å². The van der Waals surface area contributed by atoms with Crippen LogP contribution in [-0.2, 0) is 24.5 Å². The second-order valence-corrected chi connectivity index (χ2v) is 5.88. The van der Waals surface area contributed by atoms with E-state index in [1.54, 1.807) is 6.20 Å². The van der Waals surface area contributed by atoms with Crippen molar-refractivity contribution >= 4 is 15.9 Å². The molecule has 0 radical (unpaired) electrons. The van der Waals surface area contributed by atoms with Gasteiger partial charge in [-0.3, -0.25) is 4.68 Å². The summed E-state index contributed by atoms with van der Waals surface area (Å²) in [6.07, 6.45) is 2.04. The summed E-state index contributed by atoms with van der Waals surface area (Å²) in [6.45, 7) is 4.19. The van der Waals surface area contributed by atoms with Gasteiger partial charge in [-0.05, 0) is 39.0 Å². The lowest BCUT2D eigenvalue weighted by molar-refractivity contribution is 0.134. The summed E-state index contributed by atoms with van der Waals surface area (Å²) in [5, 5.41) is 15.0. The Kier molecular flexibility index (Phi) is 3.92. The Labute approximate surface area is 126 Å². The monoisotopic (exact) mass is 336 g/mol. The Morgan fingerprint density at radius 2 is 2.20 bits per heavy atom. The average Bonchev–Trinajstić information content (AvgIpc) is 3.04. The minimum atomic E-state index is -0.677. The van der Waals surface area contributed by atoms with Crippen LogP contribution in [0.25, 0.3) is 0 Å². The molecule has 1 aromatic heterocycles. The molecule has 0 bridgehead atoms. The third-order valence-corrected chi connectivity index (χ3v) is 4.20. The molecule has 0 fully saturated rings. The highest BCUT2D eigenvalue weighted by Crippen LogP contribution is 2.31. The predicted octanol–water partition coefficient (Wildman–Crippen LogP) is 3.17. The standard InChI is InChI=1S/C15H17BrN2O2/c1-2-5-18-14(13(16)7-17-18)15(19)10-3-4-11-8-20-9-12(11)6-10/h3-4,6-7,15,19H,2,5,8-9H2,1H3. The summed E-state index contributed by atoms with van der Waals surface area (Å²) < 4.78 is 8.12. The highest BCUT2D eigenvalue weighted by Gasteiger charge is 2.21. The third-order valence-electron chi connectivity index (χ3n) is 3.59. The van der Waals surface area contributed by atoms with Gasteiger partial charge in [0.2, 0.25) is 0 Å². The van der Waals surface area contributed by atoms with Crippen molar-refractivity contribution in [3.8, 4) is 0 Å². The predicted molar refractivity (Wildman–Crippen MR) is 79.2 cm³/mol. The van der Waals surface area contributed by atoms with Crippen molar-refractivity contribution in [2.75, 3.05) is 0 Å². The Balaban J connectivity index is 1.96. The highest BCUT2D eigenvalue weighted by atomic mass is 79.9. The first kappa shape index (κ1) is 13.8. The molecule has 0 saturated heterocycles. The molecule has 0 amide bonds. The van der Waals surface area contributed by atoms with Crippen molar-refractivity contribution in [2.45, 2.75) is 39.2 Å². The minimum absolute atomic E-state index is 0.630. The molecule has 3 rings (SSSR count). The van der Waals surface area contributed by atoms with Gasteiger partial charge in [-0.2, -0.15) is 5.10 Å². The molecule has 1 aromatic carbocycles. The molecule has 106 valence electrons. The highest BCUT2D eigenvalue weighted by molar-refractivity contribution is 9.10. The van der Waals surface area contributed by atoms with Gasteiger partial charge in [0.05, 0.1) is 29.6 Å². The number of aromatic nitrogens is 2. The summed E-state index contributed by atoms with van der Waals surface area (Å²) >= 11 is 3.48. The van der Waals surface area contributed by atoms with Crippen LogP contribution in [0.1, 0.15) is 41.8 Å². The fourth-order valence-electron chi connectivity index (χ4n) is 2.55. The number of aryl methyl sites for hydroxylation is 1. The van der Waals surface area contributed by atoms with E-state index in [0.29, 0.717) is 13.2 Å². The van der Waals surface area contributed by atoms with Crippen LogP contribution in [0.15, 0.2) is 28.9 Å². The fraction of sp³-hybridized carbons (Fsp3) is 0.400. The molecule has 0 spiro atoms. The van der Waals surface area contributed by atoms with E-state index in [1.807, 2.05) is 22.9 Å². The molecule has 2 aromatic rings. The third kappa shape index (κ3) is 2.41. The maximum atomic E-state index is 10.7. The van der Waals surface area contributed by atoms with Crippen molar-refractivity contribution in [3.05, 3.63) is 51.3 Å². The summed E-state index contributed by atoms with van der Waals surface area (Å²) in [5.74, 6) is 0. The molecule has 1 unspecified atom stereocenters. The van der Waals surface area contributed by atoms with E-state index >= 15 is 0 Å². The molecule has 20 heavy (non-hydrogen) atoms. The number of hydrogen-bond acceptors (Lipinski definition) is 3. The molecule has 5 heteroatoms. The first-order valence-electron chi connectivity index (χ1n) is 6.79. The molecule has 4 nitrogen and oxygen atoms in total. The van der Waals surface area contributed by atoms with Gasteiger partial charge in [-0.1, -0.05) is 25.1 Å². The quantitative estimate of drug-likeness (QED) is 0.932.